The van der Waals surface area contributed by atoms with Gasteiger partial charge in [0.1, 0.15) is 12.4 Å². The number of hydrogen-bond donors (Lipinski definition) is 1. The van der Waals surface area contributed by atoms with Crippen molar-refractivity contribution < 1.29 is 4.79 Å². The highest BCUT2D eigenvalue weighted by molar-refractivity contribution is 7.97. The van der Waals surface area contributed by atoms with Gasteiger partial charge in [-0.3, -0.25) is 4.79 Å². The first-order chi connectivity index (χ1) is 14.1. The maximum absolute atomic E-state index is 12.8. The van der Waals surface area contributed by atoms with Crippen molar-refractivity contribution >= 4 is 34.4 Å². The number of carbonyl (C=O) groups is 1. The van der Waals surface area contributed by atoms with Crippen LogP contribution in [0.2, 0.25) is 0 Å². The van der Waals surface area contributed by atoms with Gasteiger partial charge < -0.3 is 9.88 Å². The third-order valence-electron chi connectivity index (χ3n) is 4.66. The predicted octanol–water partition coefficient (Wildman–Crippen LogP) is 3.13. The van der Waals surface area contributed by atoms with Gasteiger partial charge in [0.2, 0.25) is 5.91 Å². The second-order valence-corrected chi connectivity index (χ2v) is 7.59. The van der Waals surface area contributed by atoms with Gasteiger partial charge in [0.25, 0.3) is 0 Å². The van der Waals surface area contributed by atoms with Gasteiger partial charge in [-0.1, -0.05) is 18.2 Å². The lowest BCUT2D eigenvalue weighted by molar-refractivity contribution is -0.116. The highest BCUT2D eigenvalue weighted by atomic mass is 32.2. The first-order valence-electron chi connectivity index (χ1n) is 9.16. The fourth-order valence-corrected chi connectivity index (χ4v) is 3.73. The number of fused-ring (bicyclic) bond motifs is 1. The number of para-hydroxylation sites is 2. The molecule has 0 fully saturated rings. The standard InChI is InChI=1S/C20H21N7OS/c1-13-8-9-15(10-18(13)27-14(2)23-24-25-27)21-20(28)11-26-17-7-5-4-6-16(17)22-19(26)12-29-3/h4-10H,11-12H2,1-3H3,(H,21,28). The summed E-state index contributed by atoms with van der Waals surface area (Å²) in [6.07, 6.45) is 2.03. The first kappa shape index (κ1) is 19.1. The number of amides is 1. The number of imidazole rings is 1. The van der Waals surface area contributed by atoms with Gasteiger partial charge in [-0.25, -0.2) is 4.98 Å². The summed E-state index contributed by atoms with van der Waals surface area (Å²) in [7, 11) is 0. The molecule has 8 nitrogen and oxygen atoms in total. The molecule has 0 radical (unpaired) electrons. The van der Waals surface area contributed by atoms with Gasteiger partial charge in [-0.15, -0.1) is 5.10 Å². The molecule has 0 spiro atoms. The molecule has 2 heterocycles. The monoisotopic (exact) mass is 407 g/mol. The molecule has 2 aromatic heterocycles. The molecule has 4 rings (SSSR count). The zero-order valence-corrected chi connectivity index (χ0v) is 17.3. The Hall–Kier alpha value is -3.20. The molecule has 0 saturated heterocycles. The van der Waals surface area contributed by atoms with Gasteiger partial charge in [-0.05, 0) is 60.4 Å². The Balaban J connectivity index is 1.59. The topological polar surface area (TPSA) is 90.5 Å². The lowest BCUT2D eigenvalue weighted by Crippen LogP contribution is -2.20. The third-order valence-corrected chi connectivity index (χ3v) is 5.20. The SMILES string of the molecule is CSCc1nc2ccccc2n1CC(=O)Nc1ccc(C)c(-n2nnnc2C)c1. The fraction of sp³-hybridized carbons (Fsp3) is 0.250. The zero-order valence-electron chi connectivity index (χ0n) is 16.5. The van der Waals surface area contributed by atoms with Gasteiger partial charge in [0.05, 0.1) is 22.5 Å². The second kappa shape index (κ2) is 8.04. The van der Waals surface area contributed by atoms with Crippen molar-refractivity contribution in [2.24, 2.45) is 0 Å². The van der Waals surface area contributed by atoms with Crippen LogP contribution >= 0.6 is 11.8 Å². The number of nitrogens with one attached hydrogen (secondary N) is 1. The number of benzene rings is 2. The van der Waals surface area contributed by atoms with Crippen LogP contribution in [0, 0.1) is 13.8 Å². The minimum atomic E-state index is -0.112. The molecule has 0 aliphatic heterocycles. The Morgan fingerprint density at radius 3 is 2.76 bits per heavy atom. The van der Waals surface area contributed by atoms with Crippen molar-refractivity contribution in [3.8, 4) is 5.69 Å². The van der Waals surface area contributed by atoms with E-state index in [0.717, 1.165) is 33.9 Å². The number of hydrogen-bond acceptors (Lipinski definition) is 6. The molecule has 0 aliphatic carbocycles. The normalized spacial score (nSPS) is 11.1. The molecule has 2 aromatic carbocycles. The number of aryl methyl sites for hydroxylation is 2. The van der Waals surface area contributed by atoms with Gasteiger partial charge >= 0.3 is 0 Å². The number of rotatable bonds is 6. The lowest BCUT2D eigenvalue weighted by atomic mass is 10.2. The van der Waals surface area contributed by atoms with Crippen LogP contribution < -0.4 is 5.32 Å². The van der Waals surface area contributed by atoms with E-state index in [1.165, 1.54) is 0 Å². The van der Waals surface area contributed by atoms with Gasteiger partial charge in [-0.2, -0.15) is 16.4 Å². The van der Waals surface area contributed by atoms with Crippen molar-refractivity contribution in [3.63, 3.8) is 0 Å². The minimum absolute atomic E-state index is 0.112. The van der Waals surface area contributed by atoms with E-state index in [0.29, 0.717) is 11.5 Å². The summed E-state index contributed by atoms with van der Waals surface area (Å²) >= 11 is 1.68. The van der Waals surface area contributed by atoms with E-state index in [1.807, 2.05) is 67.1 Å². The van der Waals surface area contributed by atoms with Crippen molar-refractivity contribution in [3.05, 3.63) is 59.7 Å². The van der Waals surface area contributed by atoms with E-state index < -0.39 is 0 Å². The van der Waals surface area contributed by atoms with Crippen molar-refractivity contribution in [1.82, 2.24) is 29.8 Å². The van der Waals surface area contributed by atoms with Crippen LogP contribution in [0.4, 0.5) is 5.69 Å². The minimum Gasteiger partial charge on any atom is -0.324 e. The summed E-state index contributed by atoms with van der Waals surface area (Å²) < 4.78 is 3.63. The predicted molar refractivity (Wildman–Crippen MR) is 114 cm³/mol. The van der Waals surface area contributed by atoms with E-state index >= 15 is 0 Å². The molecule has 0 bridgehead atoms. The van der Waals surface area contributed by atoms with E-state index in [-0.39, 0.29) is 12.5 Å². The van der Waals surface area contributed by atoms with Crippen LogP contribution in [-0.2, 0) is 17.1 Å². The maximum atomic E-state index is 12.8. The van der Waals surface area contributed by atoms with Crippen molar-refractivity contribution in [2.45, 2.75) is 26.1 Å². The van der Waals surface area contributed by atoms with E-state index in [1.54, 1.807) is 16.4 Å². The number of nitrogens with zero attached hydrogens (tertiary/aromatic N) is 6. The quantitative estimate of drug-likeness (QED) is 0.528. The molecule has 0 saturated carbocycles. The van der Waals surface area contributed by atoms with Crippen LogP contribution in [0.1, 0.15) is 17.2 Å². The second-order valence-electron chi connectivity index (χ2n) is 6.72. The maximum Gasteiger partial charge on any atom is 0.244 e. The number of tetrazole rings is 1. The molecule has 1 N–H and O–H groups in total. The van der Waals surface area contributed by atoms with Crippen molar-refractivity contribution in [2.75, 3.05) is 11.6 Å². The summed E-state index contributed by atoms with van der Waals surface area (Å²) in [4.78, 5) is 17.5. The summed E-state index contributed by atoms with van der Waals surface area (Å²) in [5.41, 5.74) is 4.40. The molecule has 0 atom stereocenters. The Kier molecular flexibility index (Phi) is 5.30. The smallest absolute Gasteiger partial charge is 0.244 e. The molecule has 148 valence electrons. The number of carbonyl (C=O) groups excluding carboxylic acids is 1. The number of aromatic nitrogens is 6. The summed E-state index contributed by atoms with van der Waals surface area (Å²) in [5, 5.41) is 14.6. The Morgan fingerprint density at radius 2 is 2.00 bits per heavy atom. The summed E-state index contributed by atoms with van der Waals surface area (Å²) in [6, 6.07) is 13.6. The molecule has 29 heavy (non-hydrogen) atoms. The fourth-order valence-electron chi connectivity index (χ4n) is 3.25. The molecule has 1 amide bonds. The Labute approximate surface area is 172 Å². The van der Waals surface area contributed by atoms with Crippen LogP contribution in [0.5, 0.6) is 0 Å². The highest BCUT2D eigenvalue weighted by Gasteiger charge is 2.14. The van der Waals surface area contributed by atoms with Crippen LogP contribution in [-0.4, -0.2) is 41.9 Å². The lowest BCUT2D eigenvalue weighted by Gasteiger charge is -2.12. The molecule has 0 unspecified atom stereocenters. The Morgan fingerprint density at radius 1 is 1.17 bits per heavy atom. The Bertz CT molecular complexity index is 1180. The van der Waals surface area contributed by atoms with Gasteiger partial charge in [0.15, 0.2) is 5.82 Å². The number of anilines is 1. The molecule has 4 aromatic rings. The average Bonchev–Trinajstić information content (AvgIpc) is 3.27. The summed E-state index contributed by atoms with van der Waals surface area (Å²) in [6.45, 7) is 4.01. The number of thioether (sulfide) groups is 1. The van der Waals surface area contributed by atoms with Gasteiger partial charge in [0, 0.05) is 5.69 Å². The van der Waals surface area contributed by atoms with E-state index in [9.17, 15) is 4.79 Å². The highest BCUT2D eigenvalue weighted by Crippen LogP contribution is 2.21. The molecular formula is C20H21N7OS. The average molecular weight is 408 g/mol. The largest absolute Gasteiger partial charge is 0.324 e. The zero-order chi connectivity index (χ0) is 20.4. The van der Waals surface area contributed by atoms with E-state index in [2.05, 4.69) is 25.8 Å². The van der Waals surface area contributed by atoms with Crippen molar-refractivity contribution in [1.29, 1.82) is 0 Å². The molecule has 9 heteroatoms. The molecule has 0 aliphatic rings. The van der Waals surface area contributed by atoms with E-state index in [4.69, 9.17) is 0 Å². The van der Waals surface area contributed by atoms with Crippen LogP contribution in [0.25, 0.3) is 16.7 Å². The summed E-state index contributed by atoms with van der Waals surface area (Å²) in [5.74, 6) is 2.21. The van der Waals surface area contributed by atoms with Crippen LogP contribution in [0.15, 0.2) is 42.5 Å². The molecular weight excluding hydrogens is 386 g/mol. The first-order valence-corrected chi connectivity index (χ1v) is 10.5. The third kappa shape index (κ3) is 3.86. The van der Waals surface area contributed by atoms with Crippen LogP contribution in [0.3, 0.4) is 0 Å².